The lowest BCUT2D eigenvalue weighted by Gasteiger charge is -2.24. The summed E-state index contributed by atoms with van der Waals surface area (Å²) in [6, 6.07) is 0. The summed E-state index contributed by atoms with van der Waals surface area (Å²) >= 11 is 3.05. The van der Waals surface area contributed by atoms with E-state index in [0.29, 0.717) is 0 Å². The zero-order valence-electron chi connectivity index (χ0n) is 11.3. The van der Waals surface area contributed by atoms with Gasteiger partial charge in [-0.2, -0.15) is 0 Å². The van der Waals surface area contributed by atoms with Crippen LogP contribution >= 0.6 is 15.9 Å². The summed E-state index contributed by atoms with van der Waals surface area (Å²) in [7, 11) is 0. The SMILES string of the molecule is CC1(C)OC2C(CF)O[C@@H](n3cc(Br)c(=O)[nH]c3=O)[C@@H]2O1. The first kappa shape index (κ1) is 14.9. The Balaban J connectivity index is 2.01. The molecule has 4 atom stereocenters. The molecule has 9 heteroatoms. The predicted octanol–water partition coefficient (Wildman–Crippen LogP) is 0.686. The van der Waals surface area contributed by atoms with E-state index in [1.165, 1.54) is 10.8 Å². The Labute approximate surface area is 127 Å². The van der Waals surface area contributed by atoms with Gasteiger partial charge in [0.25, 0.3) is 5.56 Å². The van der Waals surface area contributed by atoms with Gasteiger partial charge < -0.3 is 14.2 Å². The molecular formula is C12H14BrFN2O5. The van der Waals surface area contributed by atoms with Crippen LogP contribution in [0.3, 0.4) is 0 Å². The molecule has 2 unspecified atom stereocenters. The van der Waals surface area contributed by atoms with Crippen molar-refractivity contribution in [3.63, 3.8) is 0 Å². The molecule has 0 bridgehead atoms. The van der Waals surface area contributed by atoms with E-state index in [1.807, 2.05) is 0 Å². The number of halogens is 2. The van der Waals surface area contributed by atoms with Gasteiger partial charge in [0, 0.05) is 6.20 Å². The molecule has 0 aliphatic carbocycles. The van der Waals surface area contributed by atoms with Crippen LogP contribution in [0.4, 0.5) is 4.39 Å². The Bertz CT molecular complexity index is 672. The highest BCUT2D eigenvalue weighted by Gasteiger charge is 2.56. The Morgan fingerprint density at radius 2 is 2.05 bits per heavy atom. The molecule has 2 aliphatic rings. The summed E-state index contributed by atoms with van der Waals surface area (Å²) < 4.78 is 31.3. The topological polar surface area (TPSA) is 82.5 Å². The van der Waals surface area contributed by atoms with Gasteiger partial charge in [-0.25, -0.2) is 9.18 Å². The molecule has 0 aromatic carbocycles. The van der Waals surface area contributed by atoms with Gasteiger partial charge in [0.1, 0.15) is 25.0 Å². The van der Waals surface area contributed by atoms with Crippen LogP contribution in [0.1, 0.15) is 20.1 Å². The van der Waals surface area contributed by atoms with Crippen molar-refractivity contribution in [2.75, 3.05) is 6.67 Å². The smallest absolute Gasteiger partial charge is 0.330 e. The molecule has 0 spiro atoms. The number of fused-ring (bicyclic) bond motifs is 1. The van der Waals surface area contributed by atoms with Crippen LogP contribution in [0.5, 0.6) is 0 Å². The molecule has 3 rings (SSSR count). The molecule has 0 saturated carbocycles. The highest BCUT2D eigenvalue weighted by atomic mass is 79.9. The normalized spacial score (nSPS) is 34.1. The zero-order chi connectivity index (χ0) is 15.4. The molecule has 7 nitrogen and oxygen atoms in total. The second-order valence-electron chi connectivity index (χ2n) is 5.43. The number of nitrogens with one attached hydrogen (secondary N) is 1. The molecule has 2 saturated heterocycles. The van der Waals surface area contributed by atoms with Crippen LogP contribution in [0.15, 0.2) is 20.3 Å². The summed E-state index contributed by atoms with van der Waals surface area (Å²) in [6.07, 6.45) is -1.61. The molecule has 116 valence electrons. The van der Waals surface area contributed by atoms with Gasteiger partial charge in [0.05, 0.1) is 4.47 Å². The van der Waals surface area contributed by atoms with Crippen molar-refractivity contribution in [1.29, 1.82) is 0 Å². The Kier molecular flexibility index (Phi) is 3.55. The maximum absolute atomic E-state index is 13.1. The fourth-order valence-corrected chi connectivity index (χ4v) is 2.98. The second-order valence-corrected chi connectivity index (χ2v) is 6.28. The molecular weight excluding hydrogens is 351 g/mol. The fraction of sp³-hybridized carbons (Fsp3) is 0.667. The minimum atomic E-state index is -0.881. The van der Waals surface area contributed by atoms with E-state index >= 15 is 0 Å². The third-order valence-electron chi connectivity index (χ3n) is 3.48. The molecule has 3 heterocycles. The largest absolute Gasteiger partial charge is 0.346 e. The Morgan fingerprint density at radius 3 is 2.71 bits per heavy atom. The van der Waals surface area contributed by atoms with Crippen LogP contribution in [-0.2, 0) is 14.2 Å². The Morgan fingerprint density at radius 1 is 1.38 bits per heavy atom. The van der Waals surface area contributed by atoms with E-state index in [1.54, 1.807) is 13.8 Å². The van der Waals surface area contributed by atoms with Gasteiger partial charge in [-0.05, 0) is 29.8 Å². The highest BCUT2D eigenvalue weighted by molar-refractivity contribution is 9.10. The fourth-order valence-electron chi connectivity index (χ4n) is 2.66. The van der Waals surface area contributed by atoms with Crippen molar-refractivity contribution < 1.29 is 18.6 Å². The lowest BCUT2D eigenvalue weighted by atomic mass is 10.1. The third kappa shape index (κ3) is 2.48. The van der Waals surface area contributed by atoms with Crippen molar-refractivity contribution in [3.05, 3.63) is 31.5 Å². The van der Waals surface area contributed by atoms with E-state index in [0.717, 1.165) is 0 Å². The standard InChI is InChI=1S/C12H14BrFN2O5/c1-12(2)20-7-6(3-14)19-10(8(7)21-12)16-4-5(13)9(17)15-11(16)18/h4,6-8,10H,3H2,1-2H3,(H,15,17,18)/t6?,7?,8-,10-/m1/s1. The van der Waals surface area contributed by atoms with Crippen molar-refractivity contribution >= 4 is 15.9 Å². The average molecular weight is 365 g/mol. The molecule has 21 heavy (non-hydrogen) atoms. The summed E-state index contributed by atoms with van der Waals surface area (Å²) in [4.78, 5) is 25.5. The van der Waals surface area contributed by atoms with Crippen LogP contribution in [0.25, 0.3) is 0 Å². The lowest BCUT2D eigenvalue weighted by Crippen LogP contribution is -2.37. The van der Waals surface area contributed by atoms with Gasteiger partial charge in [0.2, 0.25) is 0 Å². The number of aromatic amines is 1. The minimum absolute atomic E-state index is 0.170. The maximum atomic E-state index is 13.1. The number of alkyl halides is 1. The molecule has 2 aliphatic heterocycles. The number of ether oxygens (including phenoxy) is 3. The molecule has 1 aromatic heterocycles. The third-order valence-corrected chi connectivity index (χ3v) is 4.04. The molecule has 0 radical (unpaired) electrons. The monoisotopic (exact) mass is 364 g/mol. The summed E-state index contributed by atoms with van der Waals surface area (Å²) in [5, 5.41) is 0. The van der Waals surface area contributed by atoms with Crippen LogP contribution in [0, 0.1) is 0 Å². The molecule has 1 N–H and O–H groups in total. The number of hydrogen-bond acceptors (Lipinski definition) is 5. The van der Waals surface area contributed by atoms with Crippen molar-refractivity contribution in [2.24, 2.45) is 0 Å². The number of nitrogens with zero attached hydrogens (tertiary/aromatic N) is 1. The summed E-state index contributed by atoms with van der Waals surface area (Å²) in [6.45, 7) is 2.67. The minimum Gasteiger partial charge on any atom is -0.346 e. The first-order valence-electron chi connectivity index (χ1n) is 6.40. The summed E-state index contributed by atoms with van der Waals surface area (Å²) in [5.41, 5.74) is -1.20. The number of H-pyrrole nitrogens is 1. The van der Waals surface area contributed by atoms with E-state index < -0.39 is 48.3 Å². The molecule has 2 fully saturated rings. The summed E-state index contributed by atoms with van der Waals surface area (Å²) in [5.74, 6) is -0.881. The van der Waals surface area contributed by atoms with Crippen LogP contribution in [0.2, 0.25) is 0 Å². The van der Waals surface area contributed by atoms with Gasteiger partial charge in [-0.3, -0.25) is 14.3 Å². The zero-order valence-corrected chi connectivity index (χ0v) is 12.9. The van der Waals surface area contributed by atoms with E-state index in [4.69, 9.17) is 14.2 Å². The van der Waals surface area contributed by atoms with Crippen molar-refractivity contribution in [1.82, 2.24) is 9.55 Å². The van der Waals surface area contributed by atoms with E-state index in [-0.39, 0.29) is 4.47 Å². The van der Waals surface area contributed by atoms with E-state index in [9.17, 15) is 14.0 Å². The first-order valence-corrected chi connectivity index (χ1v) is 7.20. The maximum Gasteiger partial charge on any atom is 0.330 e. The van der Waals surface area contributed by atoms with Crippen molar-refractivity contribution in [3.8, 4) is 0 Å². The van der Waals surface area contributed by atoms with Gasteiger partial charge in [-0.15, -0.1) is 0 Å². The van der Waals surface area contributed by atoms with Gasteiger partial charge in [0.15, 0.2) is 12.0 Å². The number of aromatic nitrogens is 2. The first-order chi connectivity index (χ1) is 9.82. The molecule has 0 amide bonds. The quantitative estimate of drug-likeness (QED) is 0.834. The number of hydrogen-bond donors (Lipinski definition) is 1. The number of rotatable bonds is 2. The second kappa shape index (κ2) is 5.01. The highest BCUT2D eigenvalue weighted by Crippen LogP contribution is 2.42. The van der Waals surface area contributed by atoms with Crippen molar-refractivity contribution in [2.45, 2.75) is 44.2 Å². The lowest BCUT2D eigenvalue weighted by molar-refractivity contribution is -0.198. The van der Waals surface area contributed by atoms with E-state index in [2.05, 4.69) is 20.9 Å². The van der Waals surface area contributed by atoms with Gasteiger partial charge in [-0.1, -0.05) is 0 Å². The van der Waals surface area contributed by atoms with Crippen LogP contribution < -0.4 is 11.2 Å². The predicted molar refractivity (Wildman–Crippen MR) is 72.7 cm³/mol. The Hall–Kier alpha value is -1.03. The van der Waals surface area contributed by atoms with Gasteiger partial charge >= 0.3 is 5.69 Å². The average Bonchev–Trinajstić information content (AvgIpc) is 2.87. The van der Waals surface area contributed by atoms with Crippen LogP contribution in [-0.4, -0.2) is 40.3 Å². The molecule has 1 aromatic rings.